The molecule has 1 saturated heterocycles. The Morgan fingerprint density at radius 3 is 2.89 bits per heavy atom. The number of aromatic amines is 1. The highest BCUT2D eigenvalue weighted by atomic mass is 79.9. The van der Waals surface area contributed by atoms with Crippen molar-refractivity contribution in [3.63, 3.8) is 0 Å². The first-order valence-electron chi connectivity index (χ1n) is 5.63. The van der Waals surface area contributed by atoms with Gasteiger partial charge in [0.25, 0.3) is 5.56 Å². The van der Waals surface area contributed by atoms with Crippen LogP contribution in [0.1, 0.15) is 17.4 Å². The van der Waals surface area contributed by atoms with Crippen molar-refractivity contribution in [1.29, 1.82) is 0 Å². The van der Waals surface area contributed by atoms with Crippen LogP contribution in [0.5, 0.6) is 0 Å². The average molecular weight is 349 g/mol. The molecule has 8 heteroatoms. The molecule has 1 aliphatic rings. The fourth-order valence-electron chi connectivity index (χ4n) is 1.95. The fourth-order valence-corrected chi connectivity index (χ4v) is 3.61. The lowest BCUT2D eigenvalue weighted by atomic mass is 10.2. The molecule has 0 aromatic carbocycles. The van der Waals surface area contributed by atoms with E-state index in [9.17, 15) is 14.7 Å². The van der Waals surface area contributed by atoms with E-state index in [1.165, 1.54) is 33.6 Å². The van der Waals surface area contributed by atoms with Gasteiger partial charge in [-0.3, -0.25) is 14.3 Å². The van der Waals surface area contributed by atoms with Gasteiger partial charge in [-0.15, -0.1) is 11.8 Å². The third-order valence-corrected chi connectivity index (χ3v) is 4.74. The lowest BCUT2D eigenvalue weighted by molar-refractivity contribution is 0.137. The van der Waals surface area contributed by atoms with Crippen molar-refractivity contribution in [2.75, 3.05) is 6.61 Å². The SMILES string of the molecule is O=c1[nH]c(=O)n([C@H]2CC(O)[C@H](CO)S2)cc1C=CBr. The highest BCUT2D eigenvalue weighted by molar-refractivity contribution is 9.11. The highest BCUT2D eigenvalue weighted by Gasteiger charge is 2.34. The molecule has 1 aromatic rings. The molecule has 0 radical (unpaired) electrons. The smallest absolute Gasteiger partial charge is 0.329 e. The second-order valence-electron chi connectivity index (χ2n) is 4.16. The van der Waals surface area contributed by atoms with Gasteiger partial charge in [-0.1, -0.05) is 15.9 Å². The Morgan fingerprint density at radius 1 is 1.58 bits per heavy atom. The molecular weight excluding hydrogens is 336 g/mol. The minimum absolute atomic E-state index is 0.144. The normalized spacial score (nSPS) is 27.2. The number of hydrogen-bond donors (Lipinski definition) is 3. The van der Waals surface area contributed by atoms with Gasteiger partial charge in [-0.2, -0.15) is 0 Å². The van der Waals surface area contributed by atoms with Crippen LogP contribution in [0, 0.1) is 0 Å². The van der Waals surface area contributed by atoms with Gasteiger partial charge in [0, 0.05) is 12.6 Å². The van der Waals surface area contributed by atoms with Crippen LogP contribution in [0.2, 0.25) is 0 Å². The van der Waals surface area contributed by atoms with Gasteiger partial charge in [0.05, 0.1) is 28.9 Å². The number of rotatable bonds is 3. The number of aliphatic hydroxyl groups excluding tert-OH is 2. The summed E-state index contributed by atoms with van der Waals surface area (Å²) in [6.45, 7) is -0.144. The summed E-state index contributed by atoms with van der Waals surface area (Å²) >= 11 is 4.40. The molecular formula is C11H13BrN2O4S. The second-order valence-corrected chi connectivity index (χ2v) is 6.11. The lowest BCUT2D eigenvalue weighted by Crippen LogP contribution is -2.32. The summed E-state index contributed by atoms with van der Waals surface area (Å²) in [4.78, 5) is 27.1. The first-order valence-corrected chi connectivity index (χ1v) is 7.49. The molecule has 1 unspecified atom stereocenters. The van der Waals surface area contributed by atoms with Crippen molar-refractivity contribution in [3.05, 3.63) is 37.6 Å². The molecule has 6 nitrogen and oxygen atoms in total. The first-order chi connectivity index (χ1) is 9.06. The molecule has 1 aromatic heterocycles. The van der Waals surface area contributed by atoms with E-state index >= 15 is 0 Å². The number of nitrogens with zero attached hydrogens (tertiary/aromatic N) is 1. The van der Waals surface area contributed by atoms with Gasteiger partial charge in [-0.05, 0) is 11.1 Å². The summed E-state index contributed by atoms with van der Waals surface area (Å²) in [6.07, 6.45) is 2.70. The van der Waals surface area contributed by atoms with E-state index < -0.39 is 17.4 Å². The third-order valence-electron chi connectivity index (χ3n) is 2.93. The fraction of sp³-hybridized carbons (Fsp3) is 0.455. The Morgan fingerprint density at radius 2 is 2.32 bits per heavy atom. The second kappa shape index (κ2) is 6.08. The number of nitrogens with one attached hydrogen (secondary N) is 1. The summed E-state index contributed by atoms with van der Waals surface area (Å²) < 4.78 is 1.38. The van der Waals surface area contributed by atoms with E-state index in [-0.39, 0.29) is 17.2 Å². The van der Waals surface area contributed by atoms with Gasteiger partial charge >= 0.3 is 5.69 Å². The zero-order chi connectivity index (χ0) is 14.0. The van der Waals surface area contributed by atoms with Crippen LogP contribution in [0.15, 0.2) is 20.8 Å². The first kappa shape index (κ1) is 14.6. The van der Waals surface area contributed by atoms with Crippen molar-refractivity contribution >= 4 is 33.8 Å². The van der Waals surface area contributed by atoms with Crippen molar-refractivity contribution in [2.45, 2.75) is 23.1 Å². The molecule has 19 heavy (non-hydrogen) atoms. The van der Waals surface area contributed by atoms with E-state index in [2.05, 4.69) is 20.9 Å². The lowest BCUT2D eigenvalue weighted by Gasteiger charge is -2.13. The molecule has 0 saturated carbocycles. The number of halogens is 1. The van der Waals surface area contributed by atoms with Crippen LogP contribution in [0.25, 0.3) is 6.08 Å². The monoisotopic (exact) mass is 348 g/mol. The maximum atomic E-state index is 11.8. The molecule has 0 aliphatic carbocycles. The van der Waals surface area contributed by atoms with Crippen molar-refractivity contribution in [2.24, 2.45) is 0 Å². The summed E-state index contributed by atoms with van der Waals surface area (Å²) in [6, 6.07) is 0. The molecule has 2 rings (SSSR count). The van der Waals surface area contributed by atoms with Crippen LogP contribution < -0.4 is 11.2 Å². The maximum Gasteiger partial charge on any atom is 0.329 e. The number of hydrogen-bond acceptors (Lipinski definition) is 5. The molecule has 0 bridgehead atoms. The highest BCUT2D eigenvalue weighted by Crippen LogP contribution is 2.40. The van der Waals surface area contributed by atoms with E-state index in [4.69, 9.17) is 5.11 Å². The van der Waals surface area contributed by atoms with Gasteiger partial charge in [0.1, 0.15) is 0 Å². The number of aromatic nitrogens is 2. The molecule has 1 aliphatic heterocycles. The number of H-pyrrole nitrogens is 1. The molecule has 1 fully saturated rings. The summed E-state index contributed by atoms with van der Waals surface area (Å²) in [5.74, 6) is 0. The Hall–Kier alpha value is -0.830. The number of thioether (sulfide) groups is 1. The largest absolute Gasteiger partial charge is 0.395 e. The molecule has 0 amide bonds. The summed E-state index contributed by atoms with van der Waals surface area (Å²) in [5.41, 5.74) is -0.627. The Bertz CT molecular complexity index is 597. The van der Waals surface area contributed by atoms with Gasteiger partial charge < -0.3 is 10.2 Å². The van der Waals surface area contributed by atoms with Crippen LogP contribution in [-0.2, 0) is 0 Å². The zero-order valence-electron chi connectivity index (χ0n) is 9.82. The van der Waals surface area contributed by atoms with Crippen LogP contribution in [-0.4, -0.2) is 37.7 Å². The standard InChI is InChI=1S/C11H13BrN2O4S/c12-2-1-6-4-14(11(18)13-10(6)17)9-3-7(16)8(5-15)19-9/h1-2,4,7-9,15-16H,3,5H2,(H,13,17,18)/t7?,8-,9+/m0/s1. The van der Waals surface area contributed by atoms with Crippen LogP contribution in [0.4, 0.5) is 0 Å². The summed E-state index contributed by atoms with van der Waals surface area (Å²) in [5, 5.41) is 18.3. The molecule has 2 heterocycles. The quantitative estimate of drug-likeness (QED) is 0.728. The maximum absolute atomic E-state index is 11.8. The zero-order valence-corrected chi connectivity index (χ0v) is 12.2. The topological polar surface area (TPSA) is 95.3 Å². The third kappa shape index (κ3) is 3.02. The van der Waals surface area contributed by atoms with E-state index in [1.807, 2.05) is 0 Å². The molecule has 0 spiro atoms. The number of aliphatic hydroxyl groups is 2. The molecule has 3 N–H and O–H groups in total. The van der Waals surface area contributed by atoms with E-state index in [0.717, 1.165) is 0 Å². The van der Waals surface area contributed by atoms with E-state index in [1.54, 1.807) is 0 Å². The molecule has 3 atom stereocenters. The van der Waals surface area contributed by atoms with Gasteiger partial charge in [0.15, 0.2) is 0 Å². The van der Waals surface area contributed by atoms with Crippen molar-refractivity contribution in [1.82, 2.24) is 9.55 Å². The summed E-state index contributed by atoms with van der Waals surface area (Å²) in [7, 11) is 0. The minimum atomic E-state index is -0.658. The van der Waals surface area contributed by atoms with Gasteiger partial charge in [-0.25, -0.2) is 4.79 Å². The van der Waals surface area contributed by atoms with Crippen molar-refractivity contribution < 1.29 is 10.2 Å². The van der Waals surface area contributed by atoms with E-state index in [0.29, 0.717) is 12.0 Å². The molecule has 104 valence electrons. The predicted molar refractivity (Wildman–Crippen MR) is 77.4 cm³/mol. The van der Waals surface area contributed by atoms with Crippen LogP contribution >= 0.6 is 27.7 Å². The Balaban J connectivity index is 2.38. The van der Waals surface area contributed by atoms with Crippen molar-refractivity contribution in [3.8, 4) is 0 Å². The van der Waals surface area contributed by atoms with Crippen LogP contribution in [0.3, 0.4) is 0 Å². The predicted octanol–water partition coefficient (Wildman–Crippen LogP) is 0.260. The Labute approximate surface area is 121 Å². The average Bonchev–Trinajstić information content (AvgIpc) is 2.74. The Kier molecular flexibility index (Phi) is 4.67. The van der Waals surface area contributed by atoms with Gasteiger partial charge in [0.2, 0.25) is 0 Å². The minimum Gasteiger partial charge on any atom is -0.395 e.